The highest BCUT2D eigenvalue weighted by atomic mass is 16.3. The molecular weight excluding hydrogens is 384 g/mol. The summed E-state index contributed by atoms with van der Waals surface area (Å²) in [5.74, 6) is 0.954. The summed E-state index contributed by atoms with van der Waals surface area (Å²) in [5, 5.41) is 29.5. The van der Waals surface area contributed by atoms with Crippen molar-refractivity contribution >= 4 is 17.5 Å². The first-order chi connectivity index (χ1) is 14.6. The summed E-state index contributed by atoms with van der Waals surface area (Å²) in [6, 6.07) is 9.65. The zero-order valence-electron chi connectivity index (χ0n) is 16.4. The number of rotatable bonds is 6. The Kier molecular flexibility index (Phi) is 5.44. The summed E-state index contributed by atoms with van der Waals surface area (Å²) >= 11 is 0. The van der Waals surface area contributed by atoms with E-state index in [1.54, 1.807) is 53.5 Å². The van der Waals surface area contributed by atoms with Crippen LogP contribution in [0.3, 0.4) is 0 Å². The van der Waals surface area contributed by atoms with Crippen LogP contribution < -0.4 is 10.6 Å². The van der Waals surface area contributed by atoms with Crippen LogP contribution in [0.2, 0.25) is 0 Å². The lowest BCUT2D eigenvalue weighted by Gasteiger charge is -2.28. The van der Waals surface area contributed by atoms with Gasteiger partial charge in [-0.2, -0.15) is 10.1 Å². The minimum absolute atomic E-state index is 0.0503. The first kappa shape index (κ1) is 19.6. The fraction of sp³-hybridized carbons (Fsp3) is 0.238. The van der Waals surface area contributed by atoms with Crippen molar-refractivity contribution in [2.75, 3.05) is 17.2 Å². The second-order valence-electron chi connectivity index (χ2n) is 6.98. The number of anilines is 2. The summed E-state index contributed by atoms with van der Waals surface area (Å²) < 4.78 is 1.67. The van der Waals surface area contributed by atoms with Crippen LogP contribution in [0.15, 0.2) is 60.1 Å². The van der Waals surface area contributed by atoms with Gasteiger partial charge >= 0.3 is 0 Å². The number of aromatic nitrogens is 4. The molecule has 0 bridgehead atoms. The van der Waals surface area contributed by atoms with Gasteiger partial charge in [0.05, 0.1) is 17.5 Å². The number of allylic oxidation sites excluding steroid dienone is 1. The van der Waals surface area contributed by atoms with Gasteiger partial charge in [0.25, 0.3) is 5.91 Å². The van der Waals surface area contributed by atoms with Crippen molar-refractivity contribution in [1.29, 1.82) is 0 Å². The molecule has 0 saturated heterocycles. The fourth-order valence-electron chi connectivity index (χ4n) is 3.43. The number of hydrogen-bond donors (Lipinski definition) is 4. The van der Waals surface area contributed by atoms with E-state index in [1.807, 2.05) is 6.92 Å². The number of aliphatic hydroxyl groups excluding tert-OH is 1. The van der Waals surface area contributed by atoms with Crippen molar-refractivity contribution in [3.63, 3.8) is 0 Å². The van der Waals surface area contributed by atoms with Crippen molar-refractivity contribution in [2.45, 2.75) is 25.8 Å². The van der Waals surface area contributed by atoms with Gasteiger partial charge < -0.3 is 20.8 Å². The molecule has 9 heteroatoms. The first-order valence-corrected chi connectivity index (χ1v) is 9.61. The molecule has 2 aromatic heterocycles. The maximum atomic E-state index is 13.2. The van der Waals surface area contributed by atoms with E-state index in [4.69, 9.17) is 5.11 Å². The van der Waals surface area contributed by atoms with Crippen LogP contribution in [-0.2, 0) is 11.2 Å². The van der Waals surface area contributed by atoms with Crippen LogP contribution in [0.1, 0.15) is 30.8 Å². The number of phenols is 1. The van der Waals surface area contributed by atoms with Crippen LogP contribution in [0.4, 0.5) is 11.6 Å². The molecule has 1 amide bonds. The van der Waals surface area contributed by atoms with Gasteiger partial charge in [0.15, 0.2) is 5.82 Å². The maximum absolute atomic E-state index is 13.2. The van der Waals surface area contributed by atoms with Gasteiger partial charge in [0.2, 0.25) is 5.95 Å². The van der Waals surface area contributed by atoms with Gasteiger partial charge in [-0.25, -0.2) is 4.68 Å². The van der Waals surface area contributed by atoms with Crippen molar-refractivity contribution in [1.82, 2.24) is 19.7 Å². The topological polar surface area (TPSA) is 125 Å². The zero-order chi connectivity index (χ0) is 21.1. The first-order valence-electron chi connectivity index (χ1n) is 9.61. The Morgan fingerprint density at radius 1 is 1.27 bits per heavy atom. The summed E-state index contributed by atoms with van der Waals surface area (Å²) in [5.41, 5.74) is 2.50. The third-order valence-electron chi connectivity index (χ3n) is 4.83. The minimum atomic E-state index is -0.533. The molecule has 0 radical (unpaired) electrons. The number of phenolic OH excluding ortho intramolecular Hbond substituents is 1. The van der Waals surface area contributed by atoms with E-state index in [-0.39, 0.29) is 18.3 Å². The van der Waals surface area contributed by atoms with Gasteiger partial charge in [-0.15, -0.1) is 0 Å². The summed E-state index contributed by atoms with van der Waals surface area (Å²) in [4.78, 5) is 21.8. The average Bonchev–Trinajstić information content (AvgIpc) is 3.15. The monoisotopic (exact) mass is 406 g/mol. The number of nitrogens with one attached hydrogen (secondary N) is 2. The molecule has 9 nitrogen and oxygen atoms in total. The number of nitrogens with zero attached hydrogens (tertiary/aromatic N) is 4. The third-order valence-corrected chi connectivity index (χ3v) is 4.83. The number of carbonyl (C=O) groups excluding carboxylic acids is 1. The zero-order valence-corrected chi connectivity index (χ0v) is 16.4. The van der Waals surface area contributed by atoms with Crippen LogP contribution in [-0.4, -0.2) is 42.5 Å². The number of pyridine rings is 1. The standard InChI is InChI=1S/C21H22N6O3/c1-13-18(20(30)24-15-4-2-10-22-12-15)19(14-6-8-16(29)9-7-14)27-21(23-13)25-17(26-27)5-3-11-28/h2,4,6-10,12,19,28-29H,3,5,11H2,1H3,(H,24,30)(H,23,25,26). The Balaban J connectivity index is 1.75. The highest BCUT2D eigenvalue weighted by Gasteiger charge is 2.34. The molecule has 1 atom stereocenters. The van der Waals surface area contributed by atoms with Crippen molar-refractivity contribution in [3.05, 3.63) is 71.4 Å². The molecule has 154 valence electrons. The number of aliphatic hydroxyl groups is 1. The third kappa shape index (κ3) is 3.87. The van der Waals surface area contributed by atoms with E-state index in [2.05, 4.69) is 25.7 Å². The predicted molar refractivity (Wildman–Crippen MR) is 111 cm³/mol. The quantitative estimate of drug-likeness (QED) is 0.495. The van der Waals surface area contributed by atoms with Gasteiger partial charge in [0, 0.05) is 24.9 Å². The van der Waals surface area contributed by atoms with Crippen molar-refractivity contribution < 1.29 is 15.0 Å². The largest absolute Gasteiger partial charge is 0.508 e. The number of fused-ring (bicyclic) bond motifs is 1. The molecule has 1 aliphatic rings. The molecular formula is C21H22N6O3. The normalized spacial score (nSPS) is 15.5. The lowest BCUT2D eigenvalue weighted by Crippen LogP contribution is -2.31. The highest BCUT2D eigenvalue weighted by molar-refractivity contribution is 6.05. The van der Waals surface area contributed by atoms with E-state index >= 15 is 0 Å². The Morgan fingerprint density at radius 3 is 2.77 bits per heavy atom. The number of aromatic hydroxyl groups is 1. The Morgan fingerprint density at radius 2 is 2.07 bits per heavy atom. The fourth-order valence-corrected chi connectivity index (χ4v) is 3.43. The molecule has 30 heavy (non-hydrogen) atoms. The second-order valence-corrected chi connectivity index (χ2v) is 6.98. The van der Waals surface area contributed by atoms with E-state index in [9.17, 15) is 9.90 Å². The number of benzene rings is 1. The molecule has 0 spiro atoms. The van der Waals surface area contributed by atoms with E-state index in [0.29, 0.717) is 41.6 Å². The number of carbonyl (C=O) groups is 1. The van der Waals surface area contributed by atoms with Gasteiger partial charge in [-0.05, 0) is 43.2 Å². The van der Waals surface area contributed by atoms with Crippen LogP contribution >= 0.6 is 0 Å². The van der Waals surface area contributed by atoms with Gasteiger partial charge in [-0.3, -0.25) is 9.78 Å². The number of hydrogen-bond acceptors (Lipinski definition) is 7. The maximum Gasteiger partial charge on any atom is 0.255 e. The molecule has 0 saturated carbocycles. The van der Waals surface area contributed by atoms with Crippen molar-refractivity contribution in [3.8, 4) is 5.75 Å². The van der Waals surface area contributed by atoms with Crippen molar-refractivity contribution in [2.24, 2.45) is 0 Å². The molecule has 1 unspecified atom stereocenters. The molecule has 1 aromatic carbocycles. The Bertz CT molecular complexity index is 1080. The molecule has 4 N–H and O–H groups in total. The molecule has 3 heterocycles. The molecule has 0 fully saturated rings. The van der Waals surface area contributed by atoms with E-state index in [1.165, 1.54) is 0 Å². The van der Waals surface area contributed by atoms with E-state index < -0.39 is 6.04 Å². The van der Waals surface area contributed by atoms with Crippen LogP contribution in [0.25, 0.3) is 0 Å². The SMILES string of the molecule is CC1=C(C(=O)Nc2cccnc2)C(c2ccc(O)cc2)n2nc(CCCO)nc2N1. The highest BCUT2D eigenvalue weighted by Crippen LogP contribution is 2.36. The lowest BCUT2D eigenvalue weighted by molar-refractivity contribution is -0.113. The lowest BCUT2D eigenvalue weighted by atomic mass is 9.95. The Labute approximate surface area is 173 Å². The summed E-state index contributed by atoms with van der Waals surface area (Å²) in [6.45, 7) is 1.87. The van der Waals surface area contributed by atoms with Gasteiger partial charge in [-0.1, -0.05) is 12.1 Å². The smallest absolute Gasteiger partial charge is 0.255 e. The van der Waals surface area contributed by atoms with Crippen LogP contribution in [0.5, 0.6) is 5.75 Å². The van der Waals surface area contributed by atoms with Gasteiger partial charge in [0.1, 0.15) is 11.8 Å². The average molecular weight is 406 g/mol. The second kappa shape index (κ2) is 8.34. The molecule has 4 rings (SSSR count). The number of aryl methyl sites for hydroxylation is 1. The van der Waals surface area contributed by atoms with Crippen LogP contribution in [0, 0.1) is 0 Å². The summed E-state index contributed by atoms with van der Waals surface area (Å²) in [6.07, 6.45) is 4.29. The molecule has 1 aliphatic heterocycles. The Hall–Kier alpha value is -3.72. The number of amides is 1. The van der Waals surface area contributed by atoms with E-state index in [0.717, 1.165) is 5.56 Å². The molecule has 0 aliphatic carbocycles. The predicted octanol–water partition coefficient (Wildman–Crippen LogP) is 2.23. The summed E-state index contributed by atoms with van der Waals surface area (Å²) in [7, 11) is 0. The molecule has 3 aromatic rings. The minimum Gasteiger partial charge on any atom is -0.508 e.